The van der Waals surface area contributed by atoms with Crippen LogP contribution >= 0.6 is 0 Å². The molecule has 0 aliphatic heterocycles. The van der Waals surface area contributed by atoms with Gasteiger partial charge in [0.05, 0.1) is 23.1 Å². The number of carbonyl (C=O) groups excluding carboxylic acids is 1. The van der Waals surface area contributed by atoms with Crippen molar-refractivity contribution in [1.29, 1.82) is 0 Å². The number of carboxylic acids is 1. The average molecular weight is 301 g/mol. The third-order valence-corrected chi connectivity index (χ3v) is 3.31. The second kappa shape index (κ2) is 6.89. The van der Waals surface area contributed by atoms with Gasteiger partial charge in [0, 0.05) is 7.05 Å². The molecule has 1 heterocycles. The van der Waals surface area contributed by atoms with Crippen LogP contribution in [0, 0.1) is 0 Å². The summed E-state index contributed by atoms with van der Waals surface area (Å²) in [5.41, 5.74) is 2.14. The molecule has 0 saturated heterocycles. The summed E-state index contributed by atoms with van der Waals surface area (Å²) in [5.74, 6) is -1.36. The zero-order chi connectivity index (χ0) is 16.1. The van der Waals surface area contributed by atoms with Crippen molar-refractivity contribution < 1.29 is 14.7 Å². The van der Waals surface area contributed by atoms with Crippen molar-refractivity contribution in [1.82, 2.24) is 14.7 Å². The first-order chi connectivity index (χ1) is 10.5. The molecule has 1 amide bonds. The lowest BCUT2D eigenvalue weighted by molar-refractivity contribution is -0.137. The van der Waals surface area contributed by atoms with E-state index in [1.54, 1.807) is 4.68 Å². The molecule has 0 fully saturated rings. The standard InChI is InChI=1S/C16H19N3O3/c1-3-7-14-13(16(22)18(2)11-15(20)21)10-17-19(14)12-8-5-4-6-9-12/h4-6,8-10H,3,7,11H2,1-2H3,(H,20,21). The van der Waals surface area contributed by atoms with Gasteiger partial charge in [-0.15, -0.1) is 0 Å². The van der Waals surface area contributed by atoms with E-state index in [-0.39, 0.29) is 12.5 Å². The highest BCUT2D eigenvalue weighted by atomic mass is 16.4. The lowest BCUT2D eigenvalue weighted by Gasteiger charge is -2.15. The Kier molecular flexibility index (Phi) is 4.93. The molecule has 6 nitrogen and oxygen atoms in total. The Hall–Kier alpha value is -2.63. The van der Waals surface area contributed by atoms with E-state index in [2.05, 4.69) is 5.10 Å². The predicted molar refractivity (Wildman–Crippen MR) is 82.2 cm³/mol. The molecule has 22 heavy (non-hydrogen) atoms. The topological polar surface area (TPSA) is 75.4 Å². The number of aliphatic carboxylic acids is 1. The van der Waals surface area contributed by atoms with Gasteiger partial charge in [-0.1, -0.05) is 31.5 Å². The molecule has 0 spiro atoms. The van der Waals surface area contributed by atoms with Crippen molar-refractivity contribution in [2.45, 2.75) is 19.8 Å². The van der Waals surface area contributed by atoms with Crippen molar-refractivity contribution in [3.05, 3.63) is 47.8 Å². The SMILES string of the molecule is CCCc1c(C(=O)N(C)CC(=O)O)cnn1-c1ccccc1. The first-order valence-corrected chi connectivity index (χ1v) is 7.14. The number of aromatic nitrogens is 2. The number of likely N-dealkylation sites (N-methyl/N-ethyl adjacent to an activating group) is 1. The molecule has 0 radical (unpaired) electrons. The Morgan fingerprint density at radius 1 is 1.27 bits per heavy atom. The monoisotopic (exact) mass is 301 g/mol. The van der Waals surface area contributed by atoms with Crippen LogP contribution in [0.25, 0.3) is 5.69 Å². The van der Waals surface area contributed by atoms with Crippen LogP contribution in [0.4, 0.5) is 0 Å². The summed E-state index contributed by atoms with van der Waals surface area (Å²) in [4.78, 5) is 24.4. The number of hydrogen-bond donors (Lipinski definition) is 1. The fourth-order valence-corrected chi connectivity index (χ4v) is 2.30. The van der Waals surface area contributed by atoms with E-state index in [1.807, 2.05) is 37.3 Å². The van der Waals surface area contributed by atoms with Gasteiger partial charge in [0.15, 0.2) is 0 Å². The van der Waals surface area contributed by atoms with Crippen LogP contribution in [0.3, 0.4) is 0 Å². The molecule has 0 unspecified atom stereocenters. The molecule has 0 aliphatic carbocycles. The molecule has 0 bridgehead atoms. The smallest absolute Gasteiger partial charge is 0.323 e. The number of rotatable bonds is 6. The minimum absolute atomic E-state index is 0.326. The van der Waals surface area contributed by atoms with Crippen molar-refractivity contribution in [3.8, 4) is 5.69 Å². The molecule has 0 atom stereocenters. The number of para-hydroxylation sites is 1. The minimum atomic E-state index is -1.04. The molecule has 116 valence electrons. The molecule has 6 heteroatoms. The second-order valence-electron chi connectivity index (χ2n) is 5.06. The Labute approximate surface area is 129 Å². The summed E-state index contributed by atoms with van der Waals surface area (Å²) in [6.45, 7) is 1.69. The van der Waals surface area contributed by atoms with Gasteiger partial charge < -0.3 is 10.0 Å². The van der Waals surface area contributed by atoms with Crippen LogP contribution < -0.4 is 0 Å². The lowest BCUT2D eigenvalue weighted by Crippen LogP contribution is -2.32. The largest absolute Gasteiger partial charge is 0.480 e. The molecule has 1 aromatic heterocycles. The quantitative estimate of drug-likeness (QED) is 0.885. The van der Waals surface area contributed by atoms with E-state index in [0.29, 0.717) is 12.0 Å². The summed E-state index contributed by atoms with van der Waals surface area (Å²) in [6, 6.07) is 9.57. The van der Waals surface area contributed by atoms with Crippen molar-refractivity contribution >= 4 is 11.9 Å². The Bertz CT molecular complexity index is 665. The van der Waals surface area contributed by atoms with Crippen LogP contribution in [0.15, 0.2) is 36.5 Å². The summed E-state index contributed by atoms with van der Waals surface area (Å²) < 4.78 is 1.74. The van der Waals surface area contributed by atoms with Gasteiger partial charge in [-0.2, -0.15) is 5.10 Å². The van der Waals surface area contributed by atoms with Gasteiger partial charge in [-0.25, -0.2) is 4.68 Å². The van der Waals surface area contributed by atoms with Crippen LogP contribution in [0.5, 0.6) is 0 Å². The van der Waals surface area contributed by atoms with Gasteiger partial charge in [0.25, 0.3) is 5.91 Å². The molecule has 0 saturated carbocycles. The van der Waals surface area contributed by atoms with E-state index in [4.69, 9.17) is 5.11 Å². The Balaban J connectivity index is 2.39. The zero-order valence-corrected chi connectivity index (χ0v) is 12.7. The summed E-state index contributed by atoms with van der Waals surface area (Å²) in [5, 5.41) is 13.1. The van der Waals surface area contributed by atoms with Gasteiger partial charge in [0.1, 0.15) is 6.54 Å². The Morgan fingerprint density at radius 3 is 2.55 bits per heavy atom. The van der Waals surface area contributed by atoms with Crippen LogP contribution in [-0.4, -0.2) is 45.3 Å². The molecule has 2 rings (SSSR count). The fourth-order valence-electron chi connectivity index (χ4n) is 2.30. The van der Waals surface area contributed by atoms with Crippen molar-refractivity contribution in [2.75, 3.05) is 13.6 Å². The average Bonchev–Trinajstić information content (AvgIpc) is 2.91. The highest BCUT2D eigenvalue weighted by Gasteiger charge is 2.21. The van der Waals surface area contributed by atoms with Crippen molar-refractivity contribution in [3.63, 3.8) is 0 Å². The first kappa shape index (κ1) is 15.8. The van der Waals surface area contributed by atoms with E-state index in [1.165, 1.54) is 18.1 Å². The molecule has 1 N–H and O–H groups in total. The van der Waals surface area contributed by atoms with Gasteiger partial charge >= 0.3 is 5.97 Å². The summed E-state index contributed by atoms with van der Waals surface area (Å²) in [7, 11) is 1.48. The lowest BCUT2D eigenvalue weighted by atomic mass is 10.1. The van der Waals surface area contributed by atoms with E-state index < -0.39 is 5.97 Å². The fraction of sp³-hybridized carbons (Fsp3) is 0.312. The third-order valence-electron chi connectivity index (χ3n) is 3.31. The third kappa shape index (κ3) is 3.33. The van der Waals surface area contributed by atoms with Gasteiger partial charge in [-0.05, 0) is 18.6 Å². The summed E-state index contributed by atoms with van der Waals surface area (Å²) in [6.07, 6.45) is 3.07. The number of carboxylic acid groups (broad SMARTS) is 1. The minimum Gasteiger partial charge on any atom is -0.480 e. The maximum absolute atomic E-state index is 12.4. The number of carbonyl (C=O) groups is 2. The maximum Gasteiger partial charge on any atom is 0.323 e. The van der Waals surface area contributed by atoms with Crippen LogP contribution in [0.2, 0.25) is 0 Å². The van der Waals surface area contributed by atoms with Crippen LogP contribution in [-0.2, 0) is 11.2 Å². The highest BCUT2D eigenvalue weighted by Crippen LogP contribution is 2.18. The predicted octanol–water partition coefficient (Wildman–Crippen LogP) is 1.98. The molecule has 0 aliphatic rings. The molecular weight excluding hydrogens is 282 g/mol. The van der Waals surface area contributed by atoms with Crippen molar-refractivity contribution in [2.24, 2.45) is 0 Å². The van der Waals surface area contributed by atoms with E-state index in [0.717, 1.165) is 17.8 Å². The van der Waals surface area contributed by atoms with Crippen LogP contribution in [0.1, 0.15) is 29.4 Å². The number of benzene rings is 1. The number of amides is 1. The first-order valence-electron chi connectivity index (χ1n) is 7.14. The number of nitrogens with zero attached hydrogens (tertiary/aromatic N) is 3. The van der Waals surface area contributed by atoms with E-state index >= 15 is 0 Å². The highest BCUT2D eigenvalue weighted by molar-refractivity contribution is 5.96. The van der Waals surface area contributed by atoms with Gasteiger partial charge in [-0.3, -0.25) is 9.59 Å². The molecule has 1 aromatic carbocycles. The number of hydrogen-bond acceptors (Lipinski definition) is 3. The van der Waals surface area contributed by atoms with E-state index in [9.17, 15) is 9.59 Å². The van der Waals surface area contributed by atoms with Gasteiger partial charge in [0.2, 0.25) is 0 Å². The normalized spacial score (nSPS) is 10.5. The second-order valence-corrected chi connectivity index (χ2v) is 5.06. The molecule has 2 aromatic rings. The Morgan fingerprint density at radius 2 is 1.95 bits per heavy atom. The molecular formula is C16H19N3O3. The zero-order valence-electron chi connectivity index (χ0n) is 12.7. The summed E-state index contributed by atoms with van der Waals surface area (Å²) >= 11 is 0. The maximum atomic E-state index is 12.4.